The first-order valence-corrected chi connectivity index (χ1v) is 9.69. The van der Waals surface area contributed by atoms with Gasteiger partial charge in [-0.25, -0.2) is 9.18 Å². The lowest BCUT2D eigenvalue weighted by Crippen LogP contribution is -2.53. The first-order valence-electron chi connectivity index (χ1n) is 9.69. The van der Waals surface area contributed by atoms with Gasteiger partial charge in [0.15, 0.2) is 0 Å². The van der Waals surface area contributed by atoms with Crippen molar-refractivity contribution in [2.45, 2.75) is 38.3 Å². The summed E-state index contributed by atoms with van der Waals surface area (Å²) in [5.74, 6) is -0.182. The maximum absolute atomic E-state index is 13.9. The number of methoxy groups -OCH3 is 1. The number of nitrogens with zero attached hydrogens (tertiary/aromatic N) is 3. The molecular weight excluding hydrogens is 349 g/mol. The van der Waals surface area contributed by atoms with Gasteiger partial charge in [-0.3, -0.25) is 14.6 Å². The Morgan fingerprint density at radius 3 is 2.67 bits per heavy atom. The molecule has 2 aliphatic rings. The van der Waals surface area contributed by atoms with E-state index in [9.17, 15) is 14.0 Å². The van der Waals surface area contributed by atoms with E-state index < -0.39 is 12.1 Å². The third-order valence-electron chi connectivity index (χ3n) is 5.45. The molecule has 0 aromatic heterocycles. The molecule has 2 fully saturated rings. The van der Waals surface area contributed by atoms with Gasteiger partial charge in [0.1, 0.15) is 11.9 Å². The zero-order valence-corrected chi connectivity index (χ0v) is 15.9. The van der Waals surface area contributed by atoms with Crippen LogP contribution in [0.4, 0.5) is 9.18 Å². The number of carbonyl (C=O) groups excluding carboxylic acids is 2. The zero-order valence-electron chi connectivity index (χ0n) is 15.9. The quantitative estimate of drug-likeness (QED) is 0.812. The molecule has 1 atom stereocenters. The van der Waals surface area contributed by atoms with Crippen LogP contribution in [0.1, 0.15) is 31.2 Å². The number of rotatable bonds is 3. The number of hydrogen-bond donors (Lipinski definition) is 0. The summed E-state index contributed by atoms with van der Waals surface area (Å²) in [6.45, 7) is 3.90. The molecule has 27 heavy (non-hydrogen) atoms. The van der Waals surface area contributed by atoms with E-state index in [-0.39, 0.29) is 11.7 Å². The van der Waals surface area contributed by atoms with Crippen LogP contribution in [-0.2, 0) is 16.1 Å². The highest BCUT2D eigenvalue weighted by atomic mass is 19.1. The second-order valence-electron chi connectivity index (χ2n) is 7.22. The Balaban J connectivity index is 1.60. The number of benzene rings is 1. The van der Waals surface area contributed by atoms with Gasteiger partial charge in [0, 0.05) is 44.8 Å². The molecule has 2 heterocycles. The Hall–Kier alpha value is -2.15. The molecule has 0 aliphatic carbocycles. The number of hydrogen-bond acceptors (Lipinski definition) is 4. The summed E-state index contributed by atoms with van der Waals surface area (Å²) in [4.78, 5) is 30.7. The summed E-state index contributed by atoms with van der Waals surface area (Å²) in [6, 6.07) is 6.40. The minimum Gasteiger partial charge on any atom is -0.453 e. The molecule has 2 aliphatic heterocycles. The molecule has 1 aromatic carbocycles. The molecule has 3 rings (SSSR count). The Kier molecular flexibility index (Phi) is 6.66. The van der Waals surface area contributed by atoms with Gasteiger partial charge in [0.05, 0.1) is 7.11 Å². The largest absolute Gasteiger partial charge is 0.453 e. The van der Waals surface area contributed by atoms with Crippen molar-refractivity contribution in [2.75, 3.05) is 39.8 Å². The zero-order chi connectivity index (χ0) is 19.2. The van der Waals surface area contributed by atoms with Crippen molar-refractivity contribution in [1.29, 1.82) is 0 Å². The van der Waals surface area contributed by atoms with E-state index in [0.29, 0.717) is 44.7 Å². The van der Waals surface area contributed by atoms with E-state index in [0.717, 1.165) is 25.8 Å². The van der Waals surface area contributed by atoms with Crippen molar-refractivity contribution >= 4 is 12.0 Å². The first-order chi connectivity index (χ1) is 13.1. The number of amides is 2. The predicted molar refractivity (Wildman–Crippen MR) is 99.6 cm³/mol. The van der Waals surface area contributed by atoms with Gasteiger partial charge in [-0.05, 0) is 31.7 Å². The molecule has 0 spiro atoms. The maximum Gasteiger partial charge on any atom is 0.410 e. The van der Waals surface area contributed by atoms with E-state index in [1.807, 2.05) is 11.0 Å². The summed E-state index contributed by atoms with van der Waals surface area (Å²) in [7, 11) is 1.35. The van der Waals surface area contributed by atoms with Gasteiger partial charge in [-0.15, -0.1) is 0 Å². The van der Waals surface area contributed by atoms with Gasteiger partial charge in [0.2, 0.25) is 5.91 Å². The van der Waals surface area contributed by atoms with E-state index in [2.05, 4.69) is 4.90 Å². The number of likely N-dealkylation sites (tertiary alicyclic amines) is 1. The van der Waals surface area contributed by atoms with Gasteiger partial charge < -0.3 is 9.64 Å². The average molecular weight is 377 g/mol. The van der Waals surface area contributed by atoms with Gasteiger partial charge in [-0.2, -0.15) is 0 Å². The molecule has 1 aromatic rings. The van der Waals surface area contributed by atoms with Crippen molar-refractivity contribution in [3.8, 4) is 0 Å². The second kappa shape index (κ2) is 9.17. The highest BCUT2D eigenvalue weighted by molar-refractivity contribution is 5.86. The first kappa shape index (κ1) is 19.6. The van der Waals surface area contributed by atoms with Crippen LogP contribution in [0.3, 0.4) is 0 Å². The minimum atomic E-state index is -0.427. The fourth-order valence-corrected chi connectivity index (χ4v) is 3.95. The van der Waals surface area contributed by atoms with Crippen molar-refractivity contribution < 1.29 is 18.7 Å². The SMILES string of the molecule is COC(=O)N1CCCCC1C(=O)N1CCCN(Cc2ccccc2F)CC1. The van der Waals surface area contributed by atoms with Crippen LogP contribution in [0.5, 0.6) is 0 Å². The van der Waals surface area contributed by atoms with Crippen LogP contribution in [0.2, 0.25) is 0 Å². The molecule has 2 saturated heterocycles. The summed E-state index contributed by atoms with van der Waals surface area (Å²) in [5.41, 5.74) is 0.682. The summed E-state index contributed by atoms with van der Waals surface area (Å²) in [5, 5.41) is 0. The van der Waals surface area contributed by atoms with Gasteiger partial charge in [-0.1, -0.05) is 18.2 Å². The lowest BCUT2D eigenvalue weighted by molar-refractivity contribution is -0.137. The topological polar surface area (TPSA) is 53.1 Å². The van der Waals surface area contributed by atoms with Crippen LogP contribution in [0.15, 0.2) is 24.3 Å². The Labute approximate surface area is 159 Å². The van der Waals surface area contributed by atoms with Crippen LogP contribution < -0.4 is 0 Å². The third-order valence-corrected chi connectivity index (χ3v) is 5.45. The predicted octanol–water partition coefficient (Wildman–Crippen LogP) is 2.48. The summed E-state index contributed by atoms with van der Waals surface area (Å²) >= 11 is 0. The van der Waals surface area contributed by atoms with Crippen LogP contribution in [0, 0.1) is 5.82 Å². The molecule has 0 radical (unpaired) electrons. The van der Waals surface area contributed by atoms with Gasteiger partial charge in [0.25, 0.3) is 0 Å². The lowest BCUT2D eigenvalue weighted by atomic mass is 10.0. The molecule has 7 heteroatoms. The average Bonchev–Trinajstić information content (AvgIpc) is 2.94. The van der Waals surface area contributed by atoms with E-state index >= 15 is 0 Å². The maximum atomic E-state index is 13.9. The van der Waals surface area contributed by atoms with E-state index in [1.54, 1.807) is 17.0 Å². The number of carbonyl (C=O) groups is 2. The molecule has 148 valence electrons. The smallest absolute Gasteiger partial charge is 0.410 e. The molecule has 0 saturated carbocycles. The normalized spacial score (nSPS) is 21.6. The molecular formula is C20H28FN3O3. The minimum absolute atomic E-state index is 0.00726. The van der Waals surface area contributed by atoms with Gasteiger partial charge >= 0.3 is 6.09 Å². The number of halogens is 1. The van der Waals surface area contributed by atoms with Crippen molar-refractivity contribution in [2.24, 2.45) is 0 Å². The molecule has 0 N–H and O–H groups in total. The van der Waals surface area contributed by atoms with Crippen LogP contribution in [-0.4, -0.2) is 72.6 Å². The fraction of sp³-hybridized carbons (Fsp3) is 0.600. The Morgan fingerprint density at radius 2 is 1.89 bits per heavy atom. The summed E-state index contributed by atoms with van der Waals surface area (Å²) < 4.78 is 18.8. The Morgan fingerprint density at radius 1 is 1.07 bits per heavy atom. The van der Waals surface area contributed by atoms with Crippen molar-refractivity contribution in [1.82, 2.24) is 14.7 Å². The highest BCUT2D eigenvalue weighted by Crippen LogP contribution is 2.21. The van der Waals surface area contributed by atoms with Crippen molar-refractivity contribution in [3.05, 3.63) is 35.6 Å². The molecule has 1 unspecified atom stereocenters. The van der Waals surface area contributed by atoms with E-state index in [4.69, 9.17) is 4.74 Å². The molecule has 0 bridgehead atoms. The van der Waals surface area contributed by atoms with Crippen LogP contribution in [0.25, 0.3) is 0 Å². The van der Waals surface area contributed by atoms with Crippen molar-refractivity contribution in [3.63, 3.8) is 0 Å². The number of piperidine rings is 1. The monoisotopic (exact) mass is 377 g/mol. The van der Waals surface area contributed by atoms with E-state index in [1.165, 1.54) is 13.2 Å². The highest BCUT2D eigenvalue weighted by Gasteiger charge is 2.35. The summed E-state index contributed by atoms with van der Waals surface area (Å²) in [6.07, 6.45) is 2.94. The molecule has 6 nitrogen and oxygen atoms in total. The Bertz CT molecular complexity index is 670. The number of ether oxygens (including phenoxy) is 1. The molecule has 2 amide bonds. The fourth-order valence-electron chi connectivity index (χ4n) is 3.95. The lowest BCUT2D eigenvalue weighted by Gasteiger charge is -2.36. The third kappa shape index (κ3) is 4.77. The second-order valence-corrected chi connectivity index (χ2v) is 7.22. The standard InChI is InChI=1S/C20H28FN3O3/c1-27-20(26)24-12-5-4-9-18(24)19(25)23-11-6-10-22(13-14-23)15-16-7-2-3-8-17(16)21/h2-3,7-8,18H,4-6,9-15H2,1H3. The van der Waals surface area contributed by atoms with Crippen LogP contribution >= 0.6 is 0 Å².